The van der Waals surface area contributed by atoms with E-state index < -0.39 is 0 Å². The van der Waals surface area contributed by atoms with Crippen molar-refractivity contribution in [3.8, 4) is 11.6 Å². The molecular formula is C17H20N2O. The molecule has 0 amide bonds. The Labute approximate surface area is 119 Å². The molecule has 3 nitrogen and oxygen atoms in total. The van der Waals surface area contributed by atoms with Crippen molar-refractivity contribution in [3.05, 3.63) is 52.7 Å². The van der Waals surface area contributed by atoms with Crippen LogP contribution in [-0.2, 0) is 19.4 Å². The number of ether oxygens (including phenoxy) is 1. The number of fused-ring (bicyclic) bond motifs is 1. The minimum Gasteiger partial charge on any atom is -0.439 e. The molecular weight excluding hydrogens is 248 g/mol. The monoisotopic (exact) mass is 268 g/mol. The molecule has 1 aliphatic rings. The SMILES string of the molecule is Cc1cc(CN)cc(Oc2ccc3c(c2)CCCC3)n1. The van der Waals surface area contributed by atoms with Gasteiger partial charge in [-0.3, -0.25) is 0 Å². The molecule has 0 bridgehead atoms. The third-order valence-electron chi connectivity index (χ3n) is 3.77. The number of aromatic nitrogens is 1. The Balaban J connectivity index is 1.85. The summed E-state index contributed by atoms with van der Waals surface area (Å²) < 4.78 is 5.90. The van der Waals surface area contributed by atoms with E-state index in [0.717, 1.165) is 23.4 Å². The van der Waals surface area contributed by atoms with Crippen LogP contribution in [0.25, 0.3) is 0 Å². The summed E-state index contributed by atoms with van der Waals surface area (Å²) in [7, 11) is 0. The van der Waals surface area contributed by atoms with Gasteiger partial charge in [0.25, 0.3) is 0 Å². The second-order valence-corrected chi connectivity index (χ2v) is 5.40. The van der Waals surface area contributed by atoms with Gasteiger partial charge < -0.3 is 10.5 Å². The van der Waals surface area contributed by atoms with E-state index in [-0.39, 0.29) is 0 Å². The van der Waals surface area contributed by atoms with E-state index in [0.29, 0.717) is 12.4 Å². The van der Waals surface area contributed by atoms with Gasteiger partial charge in [0.15, 0.2) is 0 Å². The maximum absolute atomic E-state index is 5.90. The Kier molecular flexibility index (Phi) is 3.70. The number of rotatable bonds is 3. The third kappa shape index (κ3) is 2.83. The van der Waals surface area contributed by atoms with E-state index in [4.69, 9.17) is 10.5 Å². The molecule has 2 N–H and O–H groups in total. The first-order valence-electron chi connectivity index (χ1n) is 7.22. The summed E-state index contributed by atoms with van der Waals surface area (Å²) in [5, 5.41) is 0. The van der Waals surface area contributed by atoms with Gasteiger partial charge in [0.05, 0.1) is 0 Å². The highest BCUT2D eigenvalue weighted by Crippen LogP contribution is 2.28. The van der Waals surface area contributed by atoms with Gasteiger partial charge >= 0.3 is 0 Å². The van der Waals surface area contributed by atoms with Gasteiger partial charge in [-0.15, -0.1) is 0 Å². The first kappa shape index (κ1) is 13.1. The van der Waals surface area contributed by atoms with E-state index in [9.17, 15) is 0 Å². The molecule has 1 aromatic carbocycles. The van der Waals surface area contributed by atoms with Gasteiger partial charge in [-0.2, -0.15) is 0 Å². The first-order valence-corrected chi connectivity index (χ1v) is 7.22. The number of hydrogen-bond acceptors (Lipinski definition) is 3. The molecule has 0 radical (unpaired) electrons. The number of aryl methyl sites for hydroxylation is 3. The van der Waals surface area contributed by atoms with Crippen LogP contribution < -0.4 is 10.5 Å². The van der Waals surface area contributed by atoms with E-state index in [1.165, 1.54) is 30.4 Å². The molecule has 1 aromatic heterocycles. The minimum atomic E-state index is 0.504. The summed E-state index contributed by atoms with van der Waals surface area (Å²) in [5.41, 5.74) is 10.5. The minimum absolute atomic E-state index is 0.504. The highest BCUT2D eigenvalue weighted by atomic mass is 16.5. The summed E-state index contributed by atoms with van der Waals surface area (Å²) in [6.07, 6.45) is 4.92. The van der Waals surface area contributed by atoms with E-state index in [1.54, 1.807) is 0 Å². The smallest absolute Gasteiger partial charge is 0.219 e. The molecule has 0 aliphatic heterocycles. The highest BCUT2D eigenvalue weighted by Gasteiger charge is 2.10. The average molecular weight is 268 g/mol. The number of nitrogens with two attached hydrogens (primary N) is 1. The van der Waals surface area contributed by atoms with Crippen LogP contribution in [0.4, 0.5) is 0 Å². The Morgan fingerprint density at radius 1 is 1.10 bits per heavy atom. The van der Waals surface area contributed by atoms with Crippen molar-refractivity contribution in [2.75, 3.05) is 0 Å². The van der Waals surface area contributed by atoms with Gasteiger partial charge in [0.1, 0.15) is 5.75 Å². The van der Waals surface area contributed by atoms with Crippen molar-refractivity contribution in [1.29, 1.82) is 0 Å². The summed E-state index contributed by atoms with van der Waals surface area (Å²) >= 11 is 0. The Morgan fingerprint density at radius 3 is 2.70 bits per heavy atom. The lowest BCUT2D eigenvalue weighted by Gasteiger charge is -2.16. The second kappa shape index (κ2) is 5.63. The Bertz CT molecular complexity index is 622. The van der Waals surface area contributed by atoms with Crippen LogP contribution in [0.2, 0.25) is 0 Å². The lowest BCUT2D eigenvalue weighted by Crippen LogP contribution is -2.03. The summed E-state index contributed by atoms with van der Waals surface area (Å²) in [6.45, 7) is 2.46. The molecule has 3 heteroatoms. The number of nitrogens with zero attached hydrogens (tertiary/aromatic N) is 1. The topological polar surface area (TPSA) is 48.1 Å². The maximum atomic E-state index is 5.90. The predicted octanol–water partition coefficient (Wildman–Crippen LogP) is 3.52. The zero-order valence-electron chi connectivity index (χ0n) is 11.9. The molecule has 1 aliphatic carbocycles. The molecule has 1 heterocycles. The lowest BCUT2D eigenvalue weighted by atomic mass is 9.92. The van der Waals surface area contributed by atoms with Crippen molar-refractivity contribution < 1.29 is 4.74 Å². The van der Waals surface area contributed by atoms with Crippen molar-refractivity contribution in [3.63, 3.8) is 0 Å². The number of pyridine rings is 1. The summed E-state index contributed by atoms with van der Waals surface area (Å²) in [4.78, 5) is 4.41. The fourth-order valence-electron chi connectivity index (χ4n) is 2.77. The number of benzene rings is 1. The zero-order valence-corrected chi connectivity index (χ0v) is 11.9. The van der Waals surface area contributed by atoms with Gasteiger partial charge in [0, 0.05) is 18.3 Å². The number of hydrogen-bond donors (Lipinski definition) is 1. The fourth-order valence-corrected chi connectivity index (χ4v) is 2.77. The molecule has 0 saturated carbocycles. The Hall–Kier alpha value is -1.87. The highest BCUT2D eigenvalue weighted by molar-refractivity contribution is 5.39. The van der Waals surface area contributed by atoms with Crippen molar-refractivity contribution in [1.82, 2.24) is 4.98 Å². The molecule has 3 rings (SSSR count). The third-order valence-corrected chi connectivity index (χ3v) is 3.77. The van der Waals surface area contributed by atoms with E-state index >= 15 is 0 Å². The van der Waals surface area contributed by atoms with Gasteiger partial charge in [-0.25, -0.2) is 4.98 Å². The van der Waals surface area contributed by atoms with Gasteiger partial charge in [-0.05, 0) is 67.5 Å². The summed E-state index contributed by atoms with van der Waals surface area (Å²) in [6, 6.07) is 10.3. The molecule has 104 valence electrons. The van der Waals surface area contributed by atoms with Crippen LogP contribution in [-0.4, -0.2) is 4.98 Å². The normalized spacial score (nSPS) is 13.9. The van der Waals surface area contributed by atoms with Crippen LogP contribution in [0.5, 0.6) is 11.6 Å². The van der Waals surface area contributed by atoms with Crippen LogP contribution in [0, 0.1) is 6.92 Å². The Morgan fingerprint density at radius 2 is 1.90 bits per heavy atom. The lowest BCUT2D eigenvalue weighted by molar-refractivity contribution is 0.459. The molecule has 20 heavy (non-hydrogen) atoms. The molecule has 0 fully saturated rings. The van der Waals surface area contributed by atoms with Gasteiger partial charge in [0.2, 0.25) is 5.88 Å². The van der Waals surface area contributed by atoms with Crippen LogP contribution in [0.3, 0.4) is 0 Å². The largest absolute Gasteiger partial charge is 0.439 e. The molecule has 2 aromatic rings. The molecule has 0 spiro atoms. The average Bonchev–Trinajstić information content (AvgIpc) is 2.46. The molecule has 0 saturated heterocycles. The van der Waals surface area contributed by atoms with Crippen molar-refractivity contribution in [2.24, 2.45) is 5.73 Å². The van der Waals surface area contributed by atoms with Crippen molar-refractivity contribution >= 4 is 0 Å². The van der Waals surface area contributed by atoms with Crippen LogP contribution in [0.15, 0.2) is 30.3 Å². The quantitative estimate of drug-likeness (QED) is 0.926. The first-order chi connectivity index (χ1) is 9.74. The summed E-state index contributed by atoms with van der Waals surface area (Å²) in [5.74, 6) is 1.49. The maximum Gasteiger partial charge on any atom is 0.219 e. The molecule has 0 unspecified atom stereocenters. The molecule has 0 atom stereocenters. The predicted molar refractivity (Wildman–Crippen MR) is 80.0 cm³/mol. The van der Waals surface area contributed by atoms with Gasteiger partial charge in [-0.1, -0.05) is 6.07 Å². The van der Waals surface area contributed by atoms with E-state index in [1.807, 2.05) is 25.1 Å². The van der Waals surface area contributed by atoms with E-state index in [2.05, 4.69) is 17.1 Å². The van der Waals surface area contributed by atoms with Crippen LogP contribution >= 0.6 is 0 Å². The fraction of sp³-hybridized carbons (Fsp3) is 0.353. The zero-order chi connectivity index (χ0) is 13.9. The standard InChI is InChI=1S/C17H20N2O/c1-12-8-13(11-18)9-17(19-12)20-16-7-6-14-4-2-3-5-15(14)10-16/h6-10H,2-5,11,18H2,1H3. The van der Waals surface area contributed by atoms with Crippen LogP contribution in [0.1, 0.15) is 35.2 Å². The second-order valence-electron chi connectivity index (χ2n) is 5.40. The van der Waals surface area contributed by atoms with Crippen molar-refractivity contribution in [2.45, 2.75) is 39.2 Å².